The van der Waals surface area contributed by atoms with Gasteiger partial charge in [-0.2, -0.15) is 0 Å². The van der Waals surface area contributed by atoms with Crippen molar-refractivity contribution in [3.63, 3.8) is 0 Å². The monoisotopic (exact) mass is 306 g/mol. The second-order valence-corrected chi connectivity index (χ2v) is 6.47. The van der Waals surface area contributed by atoms with Crippen molar-refractivity contribution in [3.8, 4) is 0 Å². The van der Waals surface area contributed by atoms with Gasteiger partial charge in [0.1, 0.15) is 0 Å². The van der Waals surface area contributed by atoms with E-state index in [-0.39, 0.29) is 18.4 Å². The fraction of sp³-hybridized carbons (Fsp3) is 0.529. The van der Waals surface area contributed by atoms with Crippen LogP contribution in [-0.4, -0.2) is 23.5 Å². The highest BCUT2D eigenvalue weighted by Crippen LogP contribution is 2.17. The average Bonchev–Trinajstić information content (AvgIpc) is 2.44. The summed E-state index contributed by atoms with van der Waals surface area (Å²) in [6.45, 7) is 7.89. The van der Waals surface area contributed by atoms with E-state index in [4.69, 9.17) is 5.11 Å². The number of amides is 2. The maximum absolute atomic E-state index is 11.9. The quantitative estimate of drug-likeness (QED) is 0.706. The van der Waals surface area contributed by atoms with Crippen LogP contribution in [0.3, 0.4) is 0 Å². The van der Waals surface area contributed by atoms with Crippen LogP contribution < -0.4 is 10.6 Å². The number of nitrogens with one attached hydrogen (secondary N) is 2. The van der Waals surface area contributed by atoms with E-state index in [2.05, 4.69) is 10.6 Å². The van der Waals surface area contributed by atoms with Gasteiger partial charge in [-0.3, -0.25) is 9.59 Å². The van der Waals surface area contributed by atoms with Gasteiger partial charge in [0.15, 0.2) is 0 Å². The molecule has 122 valence electrons. The van der Waals surface area contributed by atoms with Crippen molar-refractivity contribution in [2.45, 2.75) is 47.1 Å². The lowest BCUT2D eigenvalue weighted by molar-refractivity contribution is -0.128. The normalized spacial score (nSPS) is 11.1. The highest BCUT2D eigenvalue weighted by atomic mass is 16.3. The van der Waals surface area contributed by atoms with Gasteiger partial charge in [-0.15, -0.1) is 0 Å². The fourth-order valence-electron chi connectivity index (χ4n) is 1.83. The molecule has 0 fully saturated rings. The highest BCUT2D eigenvalue weighted by molar-refractivity contribution is 5.91. The van der Waals surface area contributed by atoms with Crippen molar-refractivity contribution in [1.29, 1.82) is 0 Å². The number of anilines is 1. The number of carbonyl (C=O) groups is 2. The largest absolute Gasteiger partial charge is 0.392 e. The Morgan fingerprint density at radius 2 is 1.91 bits per heavy atom. The molecule has 0 bridgehead atoms. The minimum atomic E-state index is -0.413. The zero-order valence-electron chi connectivity index (χ0n) is 13.8. The molecule has 0 atom stereocenters. The van der Waals surface area contributed by atoms with Crippen LogP contribution in [0.4, 0.5) is 5.69 Å². The Bertz CT molecular complexity index is 533. The predicted molar refractivity (Wildman–Crippen MR) is 87.4 cm³/mol. The van der Waals surface area contributed by atoms with Crippen molar-refractivity contribution >= 4 is 17.5 Å². The van der Waals surface area contributed by atoms with Gasteiger partial charge in [-0.05, 0) is 30.5 Å². The Hall–Kier alpha value is -1.88. The SMILES string of the molecule is Cc1ccc(CO)cc1NC(=O)CCCNC(=O)C(C)(C)C. The maximum atomic E-state index is 11.9. The first-order valence-corrected chi connectivity index (χ1v) is 7.52. The summed E-state index contributed by atoms with van der Waals surface area (Å²) in [5, 5.41) is 14.8. The smallest absolute Gasteiger partial charge is 0.225 e. The number of aryl methyl sites for hydroxylation is 1. The van der Waals surface area contributed by atoms with E-state index >= 15 is 0 Å². The Balaban J connectivity index is 2.40. The Labute approximate surface area is 132 Å². The minimum absolute atomic E-state index is 0.0144. The number of aliphatic hydroxyl groups excluding tert-OH is 1. The van der Waals surface area contributed by atoms with Crippen LogP contribution in [0.2, 0.25) is 0 Å². The number of benzene rings is 1. The average molecular weight is 306 g/mol. The Kier molecular flexibility index (Phi) is 6.56. The van der Waals surface area contributed by atoms with Gasteiger partial charge in [0.25, 0.3) is 0 Å². The first kappa shape index (κ1) is 18.2. The van der Waals surface area contributed by atoms with E-state index in [1.54, 1.807) is 6.07 Å². The molecule has 0 radical (unpaired) electrons. The van der Waals surface area contributed by atoms with Gasteiger partial charge >= 0.3 is 0 Å². The number of hydrogen-bond acceptors (Lipinski definition) is 3. The third-order valence-corrected chi connectivity index (χ3v) is 3.31. The number of aliphatic hydroxyl groups is 1. The fourth-order valence-corrected chi connectivity index (χ4v) is 1.83. The lowest BCUT2D eigenvalue weighted by Gasteiger charge is -2.17. The molecule has 0 aliphatic heterocycles. The summed E-state index contributed by atoms with van der Waals surface area (Å²) < 4.78 is 0. The van der Waals surface area contributed by atoms with Gasteiger partial charge in [0, 0.05) is 24.1 Å². The van der Waals surface area contributed by atoms with Crippen LogP contribution in [0.15, 0.2) is 18.2 Å². The molecule has 0 saturated carbocycles. The number of rotatable bonds is 6. The number of hydrogen-bond donors (Lipinski definition) is 3. The molecule has 0 heterocycles. The first-order valence-electron chi connectivity index (χ1n) is 7.52. The van der Waals surface area contributed by atoms with E-state index in [1.165, 1.54) is 0 Å². The van der Waals surface area contributed by atoms with Crippen molar-refractivity contribution in [3.05, 3.63) is 29.3 Å². The molecule has 0 unspecified atom stereocenters. The summed E-state index contributed by atoms with van der Waals surface area (Å²) >= 11 is 0. The summed E-state index contributed by atoms with van der Waals surface area (Å²) in [5.41, 5.74) is 2.02. The topological polar surface area (TPSA) is 78.4 Å². The van der Waals surface area contributed by atoms with Crippen molar-refractivity contribution in [2.24, 2.45) is 5.41 Å². The van der Waals surface area contributed by atoms with Crippen molar-refractivity contribution in [1.82, 2.24) is 5.32 Å². The standard InChI is InChI=1S/C17H26N2O3/c1-12-7-8-13(11-20)10-14(12)19-15(21)6-5-9-18-16(22)17(2,3)4/h7-8,10,20H,5-6,9,11H2,1-4H3,(H,18,22)(H,19,21). The van der Waals surface area contributed by atoms with E-state index in [0.717, 1.165) is 16.8 Å². The van der Waals surface area contributed by atoms with Gasteiger partial charge in [0.05, 0.1) is 6.61 Å². The van der Waals surface area contributed by atoms with Gasteiger partial charge in [-0.1, -0.05) is 32.9 Å². The summed E-state index contributed by atoms with van der Waals surface area (Å²) in [4.78, 5) is 23.6. The molecule has 5 nitrogen and oxygen atoms in total. The second-order valence-electron chi connectivity index (χ2n) is 6.47. The lowest BCUT2D eigenvalue weighted by Crippen LogP contribution is -2.35. The lowest BCUT2D eigenvalue weighted by atomic mass is 9.96. The molecule has 0 aliphatic rings. The van der Waals surface area contributed by atoms with Crippen molar-refractivity contribution in [2.75, 3.05) is 11.9 Å². The van der Waals surface area contributed by atoms with Crippen LogP contribution >= 0.6 is 0 Å². The van der Waals surface area contributed by atoms with Crippen LogP contribution in [0, 0.1) is 12.3 Å². The van der Waals surface area contributed by atoms with E-state index in [0.29, 0.717) is 19.4 Å². The Morgan fingerprint density at radius 3 is 2.50 bits per heavy atom. The minimum Gasteiger partial charge on any atom is -0.392 e. The molecule has 0 saturated heterocycles. The molecule has 0 spiro atoms. The Morgan fingerprint density at radius 1 is 1.23 bits per heavy atom. The zero-order valence-corrected chi connectivity index (χ0v) is 13.8. The van der Waals surface area contributed by atoms with Crippen LogP contribution in [0.5, 0.6) is 0 Å². The highest BCUT2D eigenvalue weighted by Gasteiger charge is 2.20. The van der Waals surface area contributed by atoms with Crippen LogP contribution in [0.25, 0.3) is 0 Å². The molecule has 0 aliphatic carbocycles. The molecular formula is C17H26N2O3. The third-order valence-electron chi connectivity index (χ3n) is 3.31. The zero-order chi connectivity index (χ0) is 16.8. The maximum Gasteiger partial charge on any atom is 0.225 e. The number of carbonyl (C=O) groups excluding carboxylic acids is 2. The summed E-state index contributed by atoms with van der Waals surface area (Å²) in [6.07, 6.45) is 0.930. The molecule has 1 aromatic carbocycles. The molecule has 22 heavy (non-hydrogen) atoms. The summed E-state index contributed by atoms with van der Waals surface area (Å²) in [7, 11) is 0. The molecule has 2 amide bonds. The first-order chi connectivity index (χ1) is 10.2. The predicted octanol–water partition coefficient (Wildman–Crippen LogP) is 2.37. The second kappa shape index (κ2) is 7.94. The molecule has 0 aromatic heterocycles. The molecule has 1 rings (SSSR count). The molecule has 1 aromatic rings. The van der Waals surface area contributed by atoms with Crippen molar-refractivity contribution < 1.29 is 14.7 Å². The van der Waals surface area contributed by atoms with E-state index in [1.807, 2.05) is 39.8 Å². The third kappa shape index (κ3) is 5.85. The molecular weight excluding hydrogens is 280 g/mol. The van der Waals surface area contributed by atoms with Gasteiger partial charge in [0.2, 0.25) is 11.8 Å². The summed E-state index contributed by atoms with van der Waals surface area (Å²) in [5.74, 6) is -0.109. The van der Waals surface area contributed by atoms with Gasteiger partial charge in [-0.25, -0.2) is 0 Å². The van der Waals surface area contributed by atoms with Crippen LogP contribution in [0.1, 0.15) is 44.7 Å². The van der Waals surface area contributed by atoms with E-state index in [9.17, 15) is 9.59 Å². The molecule has 5 heteroatoms. The van der Waals surface area contributed by atoms with Crippen LogP contribution in [-0.2, 0) is 16.2 Å². The molecule has 3 N–H and O–H groups in total. The van der Waals surface area contributed by atoms with Gasteiger partial charge < -0.3 is 15.7 Å². The van der Waals surface area contributed by atoms with E-state index < -0.39 is 5.41 Å². The summed E-state index contributed by atoms with van der Waals surface area (Å²) in [6, 6.07) is 5.46.